The molecule has 0 aliphatic carbocycles. The van der Waals surface area contributed by atoms with Gasteiger partial charge in [0, 0.05) is 31.7 Å². The maximum atomic E-state index is 12.3. The van der Waals surface area contributed by atoms with Crippen molar-refractivity contribution >= 4 is 11.6 Å². The predicted octanol–water partition coefficient (Wildman–Crippen LogP) is 3.30. The number of rotatable bonds is 4. The van der Waals surface area contributed by atoms with Crippen molar-refractivity contribution in [2.75, 3.05) is 24.5 Å². The van der Waals surface area contributed by atoms with Gasteiger partial charge in [0.1, 0.15) is 0 Å². The van der Waals surface area contributed by atoms with E-state index in [-0.39, 0.29) is 5.54 Å². The zero-order valence-corrected chi connectivity index (χ0v) is 12.9. The van der Waals surface area contributed by atoms with E-state index in [0.717, 1.165) is 32.5 Å². The van der Waals surface area contributed by atoms with E-state index in [9.17, 15) is 4.79 Å². The maximum Gasteiger partial charge on any atom is 0.223 e. The average molecular weight is 274 g/mol. The number of carbonyl (C=O) groups is 1. The van der Waals surface area contributed by atoms with Crippen LogP contribution < -0.4 is 4.90 Å². The van der Waals surface area contributed by atoms with Crippen LogP contribution in [0.15, 0.2) is 30.3 Å². The van der Waals surface area contributed by atoms with Gasteiger partial charge in [-0.3, -0.25) is 4.79 Å². The van der Waals surface area contributed by atoms with Gasteiger partial charge in [-0.15, -0.1) is 0 Å². The summed E-state index contributed by atoms with van der Waals surface area (Å²) in [7, 11) is 0. The summed E-state index contributed by atoms with van der Waals surface area (Å²) in [4.78, 5) is 16.8. The molecule has 3 heteroatoms. The number of hydrogen-bond acceptors (Lipinski definition) is 2. The molecule has 0 atom stereocenters. The van der Waals surface area contributed by atoms with Gasteiger partial charge in [-0.2, -0.15) is 0 Å². The number of unbranched alkanes of at least 4 members (excludes halogenated alkanes) is 1. The van der Waals surface area contributed by atoms with Crippen molar-refractivity contribution in [2.24, 2.45) is 0 Å². The monoisotopic (exact) mass is 274 g/mol. The first kappa shape index (κ1) is 14.9. The zero-order valence-electron chi connectivity index (χ0n) is 12.9. The Morgan fingerprint density at radius 2 is 1.90 bits per heavy atom. The molecule has 1 aromatic carbocycles. The maximum absolute atomic E-state index is 12.3. The van der Waals surface area contributed by atoms with E-state index in [1.54, 1.807) is 0 Å². The highest BCUT2D eigenvalue weighted by Gasteiger charge is 2.36. The summed E-state index contributed by atoms with van der Waals surface area (Å²) >= 11 is 0. The molecule has 20 heavy (non-hydrogen) atoms. The molecular formula is C17H26N2O. The number of anilines is 1. The third kappa shape index (κ3) is 3.33. The number of amides is 1. The van der Waals surface area contributed by atoms with Crippen LogP contribution in [0.2, 0.25) is 0 Å². The van der Waals surface area contributed by atoms with Crippen LogP contribution in [-0.2, 0) is 4.79 Å². The number of para-hydroxylation sites is 1. The summed E-state index contributed by atoms with van der Waals surface area (Å²) in [5, 5.41) is 0. The van der Waals surface area contributed by atoms with Crippen LogP contribution in [0, 0.1) is 0 Å². The van der Waals surface area contributed by atoms with E-state index in [2.05, 4.69) is 54.8 Å². The van der Waals surface area contributed by atoms with Crippen molar-refractivity contribution in [2.45, 2.75) is 45.6 Å². The molecule has 0 bridgehead atoms. The summed E-state index contributed by atoms with van der Waals surface area (Å²) in [6, 6.07) is 10.5. The third-order valence-corrected chi connectivity index (χ3v) is 4.07. The Bertz CT molecular complexity index is 442. The third-order valence-electron chi connectivity index (χ3n) is 4.07. The van der Waals surface area contributed by atoms with Crippen molar-refractivity contribution in [3.05, 3.63) is 30.3 Å². The average Bonchev–Trinajstić information content (AvgIpc) is 2.44. The standard InChI is InChI=1S/C17H26N2O/c1-4-5-11-16(20)19-13-12-18(14-17(19,2)3)15-9-7-6-8-10-15/h6-10H,4-5,11-14H2,1-3H3. The normalized spacial score (nSPS) is 18.1. The van der Waals surface area contributed by atoms with Crippen molar-refractivity contribution in [3.8, 4) is 0 Å². The van der Waals surface area contributed by atoms with E-state index in [0.29, 0.717) is 12.3 Å². The van der Waals surface area contributed by atoms with E-state index in [1.807, 2.05) is 6.07 Å². The van der Waals surface area contributed by atoms with Crippen LogP contribution in [0.5, 0.6) is 0 Å². The molecule has 0 unspecified atom stereocenters. The van der Waals surface area contributed by atoms with Gasteiger partial charge in [-0.25, -0.2) is 0 Å². The fraction of sp³-hybridized carbons (Fsp3) is 0.588. The summed E-state index contributed by atoms with van der Waals surface area (Å²) in [5.74, 6) is 0.310. The molecule has 1 aromatic rings. The van der Waals surface area contributed by atoms with Gasteiger partial charge in [0.2, 0.25) is 5.91 Å². The van der Waals surface area contributed by atoms with Gasteiger partial charge < -0.3 is 9.80 Å². The smallest absolute Gasteiger partial charge is 0.223 e. The van der Waals surface area contributed by atoms with Crippen molar-refractivity contribution in [1.29, 1.82) is 0 Å². The highest BCUT2D eigenvalue weighted by Crippen LogP contribution is 2.26. The number of piperazine rings is 1. The first-order chi connectivity index (χ1) is 9.54. The quantitative estimate of drug-likeness (QED) is 0.841. The number of benzene rings is 1. The summed E-state index contributed by atoms with van der Waals surface area (Å²) in [6.07, 6.45) is 2.76. The summed E-state index contributed by atoms with van der Waals surface area (Å²) in [5.41, 5.74) is 1.15. The number of nitrogens with zero attached hydrogens (tertiary/aromatic N) is 2. The lowest BCUT2D eigenvalue weighted by molar-refractivity contribution is -0.137. The lowest BCUT2D eigenvalue weighted by atomic mass is 9.97. The molecule has 2 rings (SSSR count). The molecule has 1 saturated heterocycles. The van der Waals surface area contributed by atoms with Crippen LogP contribution in [-0.4, -0.2) is 36.0 Å². The highest BCUT2D eigenvalue weighted by atomic mass is 16.2. The Morgan fingerprint density at radius 1 is 1.20 bits per heavy atom. The molecule has 0 aromatic heterocycles. The highest BCUT2D eigenvalue weighted by molar-refractivity contribution is 5.77. The van der Waals surface area contributed by atoms with Crippen molar-refractivity contribution in [3.63, 3.8) is 0 Å². The van der Waals surface area contributed by atoms with Crippen LogP contribution in [0.25, 0.3) is 0 Å². The first-order valence-corrected chi connectivity index (χ1v) is 7.65. The molecule has 0 spiro atoms. The van der Waals surface area contributed by atoms with Gasteiger partial charge in [0.15, 0.2) is 0 Å². The Kier molecular flexibility index (Phi) is 4.69. The molecule has 0 saturated carbocycles. The molecule has 3 nitrogen and oxygen atoms in total. The van der Waals surface area contributed by atoms with E-state index < -0.39 is 0 Å². The molecular weight excluding hydrogens is 248 g/mol. The minimum atomic E-state index is -0.0983. The topological polar surface area (TPSA) is 23.6 Å². The SMILES string of the molecule is CCCCC(=O)N1CCN(c2ccccc2)CC1(C)C. The van der Waals surface area contributed by atoms with Crippen LogP contribution >= 0.6 is 0 Å². The van der Waals surface area contributed by atoms with E-state index in [4.69, 9.17) is 0 Å². The Morgan fingerprint density at radius 3 is 2.50 bits per heavy atom. The molecule has 1 amide bonds. The van der Waals surface area contributed by atoms with Gasteiger partial charge in [0.25, 0.3) is 0 Å². The lowest BCUT2D eigenvalue weighted by Gasteiger charge is -2.48. The number of hydrogen-bond donors (Lipinski definition) is 0. The molecule has 1 heterocycles. The first-order valence-electron chi connectivity index (χ1n) is 7.65. The van der Waals surface area contributed by atoms with E-state index in [1.165, 1.54) is 5.69 Å². The fourth-order valence-corrected chi connectivity index (χ4v) is 2.94. The Hall–Kier alpha value is -1.51. The molecule has 1 aliphatic rings. The predicted molar refractivity (Wildman–Crippen MR) is 84.0 cm³/mol. The van der Waals surface area contributed by atoms with Gasteiger partial charge in [-0.1, -0.05) is 31.5 Å². The fourth-order valence-electron chi connectivity index (χ4n) is 2.94. The van der Waals surface area contributed by atoms with E-state index >= 15 is 0 Å². The Labute approximate surface area is 122 Å². The molecule has 0 N–H and O–H groups in total. The molecule has 110 valence electrons. The second kappa shape index (κ2) is 6.29. The second-order valence-corrected chi connectivity index (χ2v) is 6.22. The molecule has 0 radical (unpaired) electrons. The minimum Gasteiger partial charge on any atom is -0.367 e. The summed E-state index contributed by atoms with van der Waals surface area (Å²) in [6.45, 7) is 9.12. The van der Waals surface area contributed by atoms with Crippen LogP contribution in [0.3, 0.4) is 0 Å². The zero-order chi connectivity index (χ0) is 14.6. The molecule has 1 fully saturated rings. The van der Waals surface area contributed by atoms with Crippen molar-refractivity contribution in [1.82, 2.24) is 4.90 Å². The Balaban J connectivity index is 2.04. The molecule has 1 aliphatic heterocycles. The number of carbonyl (C=O) groups excluding carboxylic acids is 1. The largest absolute Gasteiger partial charge is 0.367 e. The van der Waals surface area contributed by atoms with Crippen LogP contribution in [0.4, 0.5) is 5.69 Å². The van der Waals surface area contributed by atoms with Gasteiger partial charge in [0.05, 0.1) is 5.54 Å². The summed E-state index contributed by atoms with van der Waals surface area (Å²) < 4.78 is 0. The van der Waals surface area contributed by atoms with Crippen LogP contribution in [0.1, 0.15) is 40.0 Å². The minimum absolute atomic E-state index is 0.0983. The van der Waals surface area contributed by atoms with Gasteiger partial charge in [-0.05, 0) is 32.4 Å². The van der Waals surface area contributed by atoms with Crippen molar-refractivity contribution < 1.29 is 4.79 Å². The second-order valence-electron chi connectivity index (χ2n) is 6.22. The van der Waals surface area contributed by atoms with Gasteiger partial charge >= 0.3 is 0 Å². The lowest BCUT2D eigenvalue weighted by Crippen LogP contribution is -2.61.